The van der Waals surface area contributed by atoms with Gasteiger partial charge in [0.1, 0.15) is 17.2 Å². The number of likely N-dealkylation sites (tertiary alicyclic amines) is 1. The van der Waals surface area contributed by atoms with E-state index in [1.165, 1.54) is 0 Å². The molecule has 13 heteroatoms. The zero-order valence-electron chi connectivity index (χ0n) is 18.6. The minimum absolute atomic E-state index is 0.119. The van der Waals surface area contributed by atoms with E-state index in [0.29, 0.717) is 54.2 Å². The van der Waals surface area contributed by atoms with E-state index in [9.17, 15) is 9.90 Å². The molecule has 3 aromatic heterocycles. The van der Waals surface area contributed by atoms with E-state index in [1.54, 1.807) is 32.5 Å². The Hall–Kier alpha value is -4.10. The van der Waals surface area contributed by atoms with Crippen molar-refractivity contribution in [2.75, 3.05) is 31.2 Å². The SMILES string of the molecule is COc1ccc(Nc2ncc(CN3CC4(C3)NC(=O)NC4O)cc2-c2nc(C)nc(N)n2)cn1. The van der Waals surface area contributed by atoms with Gasteiger partial charge in [-0.1, -0.05) is 0 Å². The third-order valence-corrected chi connectivity index (χ3v) is 5.73. The standard InChI is InChI=1S/C21H24N10O3/c1-11-25-17(28-19(22)26-11)14-5-12(8-31-9-21(10-31)18(32)29-20(33)30-21)6-24-16(14)27-13-3-4-15(34-2)23-7-13/h3-7,18,32H,8-10H2,1-2H3,(H,24,27)(H2,29,30,33)(H2,22,25,26,28). The largest absolute Gasteiger partial charge is 0.481 e. The number of amides is 2. The van der Waals surface area contributed by atoms with Crippen LogP contribution >= 0.6 is 0 Å². The number of nitrogens with zero attached hydrogens (tertiary/aromatic N) is 6. The number of anilines is 3. The Morgan fingerprint density at radius 1 is 1.26 bits per heavy atom. The van der Waals surface area contributed by atoms with Crippen molar-refractivity contribution in [2.24, 2.45) is 0 Å². The first-order valence-electron chi connectivity index (χ1n) is 10.6. The molecule has 2 aliphatic heterocycles. The molecule has 13 nitrogen and oxygen atoms in total. The van der Waals surface area contributed by atoms with Gasteiger partial charge >= 0.3 is 6.03 Å². The summed E-state index contributed by atoms with van der Waals surface area (Å²) in [6, 6.07) is 5.15. The highest BCUT2D eigenvalue weighted by Gasteiger charge is 2.54. The fourth-order valence-electron chi connectivity index (χ4n) is 4.17. The number of hydrogen-bond acceptors (Lipinski definition) is 11. The summed E-state index contributed by atoms with van der Waals surface area (Å²) < 4.78 is 5.11. The summed E-state index contributed by atoms with van der Waals surface area (Å²) in [6.45, 7) is 3.33. The van der Waals surface area contributed by atoms with Crippen LogP contribution in [-0.4, -0.2) is 72.9 Å². The molecule has 1 atom stereocenters. The number of pyridine rings is 2. The van der Waals surface area contributed by atoms with Crippen LogP contribution < -0.4 is 26.4 Å². The predicted octanol–water partition coefficient (Wildman–Crippen LogP) is 0.157. The number of aliphatic hydroxyl groups excluding tert-OH is 1. The number of nitrogens with one attached hydrogen (secondary N) is 3. The summed E-state index contributed by atoms with van der Waals surface area (Å²) >= 11 is 0. The van der Waals surface area contributed by atoms with Crippen LogP contribution in [0.5, 0.6) is 5.88 Å². The van der Waals surface area contributed by atoms with E-state index in [2.05, 4.69) is 45.8 Å². The average molecular weight is 464 g/mol. The number of ether oxygens (including phenoxy) is 1. The number of aromatic nitrogens is 5. The Morgan fingerprint density at radius 3 is 2.74 bits per heavy atom. The molecule has 0 radical (unpaired) electrons. The van der Waals surface area contributed by atoms with Gasteiger partial charge in [0.15, 0.2) is 12.1 Å². The third-order valence-electron chi connectivity index (χ3n) is 5.73. The van der Waals surface area contributed by atoms with Crippen molar-refractivity contribution in [3.05, 3.63) is 42.0 Å². The molecule has 3 aromatic rings. The Labute approximate surface area is 194 Å². The zero-order chi connectivity index (χ0) is 23.9. The number of aliphatic hydroxyl groups is 1. The van der Waals surface area contributed by atoms with Crippen LogP contribution in [0.1, 0.15) is 11.4 Å². The first-order chi connectivity index (χ1) is 16.3. The molecule has 2 saturated heterocycles. The minimum atomic E-state index is -0.911. The number of nitrogens with two attached hydrogens (primary N) is 1. The van der Waals surface area contributed by atoms with Crippen LogP contribution in [0.2, 0.25) is 0 Å². The van der Waals surface area contributed by atoms with Crippen molar-refractivity contribution in [1.29, 1.82) is 0 Å². The normalized spacial score (nSPS) is 18.8. The molecular formula is C21H24N10O3. The van der Waals surface area contributed by atoms with Crippen molar-refractivity contribution in [3.8, 4) is 17.3 Å². The van der Waals surface area contributed by atoms with Gasteiger partial charge < -0.3 is 31.5 Å². The highest BCUT2D eigenvalue weighted by atomic mass is 16.5. The Bertz CT molecular complexity index is 1210. The van der Waals surface area contributed by atoms with Crippen LogP contribution in [-0.2, 0) is 6.54 Å². The summed E-state index contributed by atoms with van der Waals surface area (Å²) in [5, 5.41) is 18.7. The monoisotopic (exact) mass is 464 g/mol. The lowest BCUT2D eigenvalue weighted by molar-refractivity contribution is -0.0354. The second-order valence-electron chi connectivity index (χ2n) is 8.32. The molecule has 0 aromatic carbocycles. The van der Waals surface area contributed by atoms with Gasteiger partial charge in [0.2, 0.25) is 11.8 Å². The summed E-state index contributed by atoms with van der Waals surface area (Å²) in [4.78, 5) is 35.3. The molecule has 0 bridgehead atoms. The highest BCUT2D eigenvalue weighted by molar-refractivity contribution is 5.78. The number of carbonyl (C=O) groups excluding carboxylic acids is 1. The van der Waals surface area contributed by atoms with Gasteiger partial charge in [0, 0.05) is 31.9 Å². The Morgan fingerprint density at radius 2 is 2.09 bits per heavy atom. The van der Waals surface area contributed by atoms with Crippen molar-refractivity contribution in [1.82, 2.24) is 40.5 Å². The van der Waals surface area contributed by atoms with Crippen molar-refractivity contribution < 1.29 is 14.6 Å². The lowest BCUT2D eigenvalue weighted by atomic mass is 9.88. The molecule has 2 aliphatic rings. The first-order valence-corrected chi connectivity index (χ1v) is 10.6. The van der Waals surface area contributed by atoms with Crippen LogP contribution in [0.15, 0.2) is 30.6 Å². The number of nitrogen functional groups attached to an aromatic ring is 1. The lowest BCUT2D eigenvalue weighted by Gasteiger charge is -2.48. The Balaban J connectivity index is 1.41. The molecule has 5 rings (SSSR count). The van der Waals surface area contributed by atoms with E-state index >= 15 is 0 Å². The number of urea groups is 1. The van der Waals surface area contributed by atoms with E-state index in [4.69, 9.17) is 10.5 Å². The summed E-state index contributed by atoms with van der Waals surface area (Å²) in [7, 11) is 1.55. The van der Waals surface area contributed by atoms with E-state index in [0.717, 1.165) is 5.56 Å². The zero-order valence-corrected chi connectivity index (χ0v) is 18.6. The van der Waals surface area contributed by atoms with E-state index in [-0.39, 0.29) is 12.0 Å². The van der Waals surface area contributed by atoms with E-state index < -0.39 is 11.8 Å². The van der Waals surface area contributed by atoms with Gasteiger partial charge in [-0.3, -0.25) is 4.90 Å². The smallest absolute Gasteiger partial charge is 0.317 e. The molecular weight excluding hydrogens is 440 g/mol. The average Bonchev–Trinajstić information content (AvgIpc) is 3.08. The molecule has 6 N–H and O–H groups in total. The van der Waals surface area contributed by atoms with Crippen molar-refractivity contribution in [2.45, 2.75) is 25.2 Å². The number of carbonyl (C=O) groups is 1. The number of hydrogen-bond donors (Lipinski definition) is 5. The highest BCUT2D eigenvalue weighted by Crippen LogP contribution is 2.31. The molecule has 176 valence electrons. The van der Waals surface area contributed by atoms with Crippen LogP contribution in [0.3, 0.4) is 0 Å². The van der Waals surface area contributed by atoms with Gasteiger partial charge in [0.05, 0.1) is 24.6 Å². The second kappa shape index (κ2) is 8.35. The Kier molecular flexibility index (Phi) is 5.34. The topological polar surface area (TPSA) is 176 Å². The third kappa shape index (κ3) is 4.13. The van der Waals surface area contributed by atoms with Crippen molar-refractivity contribution >= 4 is 23.5 Å². The molecule has 2 fully saturated rings. The number of rotatable bonds is 6. The molecule has 1 spiro atoms. The van der Waals surface area contributed by atoms with E-state index in [1.807, 2.05) is 12.1 Å². The maximum absolute atomic E-state index is 11.5. The fourth-order valence-corrected chi connectivity index (χ4v) is 4.17. The molecule has 2 amide bonds. The second-order valence-corrected chi connectivity index (χ2v) is 8.32. The quantitative estimate of drug-likeness (QED) is 0.336. The van der Waals surface area contributed by atoms with Gasteiger partial charge in [0.25, 0.3) is 0 Å². The molecule has 0 saturated carbocycles. The van der Waals surface area contributed by atoms with Crippen LogP contribution in [0.25, 0.3) is 11.4 Å². The summed E-state index contributed by atoms with van der Waals surface area (Å²) in [5.74, 6) is 2.04. The van der Waals surface area contributed by atoms with Gasteiger partial charge in [-0.25, -0.2) is 19.7 Å². The van der Waals surface area contributed by atoms with Crippen LogP contribution in [0.4, 0.5) is 22.2 Å². The van der Waals surface area contributed by atoms with Gasteiger partial charge in [-0.05, 0) is 24.6 Å². The minimum Gasteiger partial charge on any atom is -0.481 e. The van der Waals surface area contributed by atoms with Gasteiger partial charge in [-0.2, -0.15) is 9.97 Å². The maximum Gasteiger partial charge on any atom is 0.317 e. The lowest BCUT2D eigenvalue weighted by Crippen LogP contribution is -2.71. The van der Waals surface area contributed by atoms with Gasteiger partial charge in [-0.15, -0.1) is 0 Å². The fraction of sp³-hybridized carbons (Fsp3) is 0.333. The number of methoxy groups -OCH3 is 1. The molecule has 34 heavy (non-hydrogen) atoms. The maximum atomic E-state index is 11.5. The summed E-state index contributed by atoms with van der Waals surface area (Å²) in [6.07, 6.45) is 2.48. The molecule has 0 aliphatic carbocycles. The predicted molar refractivity (Wildman–Crippen MR) is 122 cm³/mol. The summed E-state index contributed by atoms with van der Waals surface area (Å²) in [5.41, 5.74) is 7.49. The number of aryl methyl sites for hydroxylation is 1. The molecule has 1 unspecified atom stereocenters. The van der Waals surface area contributed by atoms with Crippen molar-refractivity contribution in [3.63, 3.8) is 0 Å². The van der Waals surface area contributed by atoms with Crippen LogP contribution in [0, 0.1) is 6.92 Å². The first kappa shape index (κ1) is 21.7. The molecule has 5 heterocycles.